The van der Waals surface area contributed by atoms with Gasteiger partial charge in [0.15, 0.2) is 11.2 Å². The zero-order valence-electron chi connectivity index (χ0n) is 18.5. The largest absolute Gasteiger partial charge is 0.477 e. The number of imidazole rings is 1. The number of hydrogen-bond donors (Lipinski definition) is 2. The monoisotopic (exact) mass is 441 g/mol. The van der Waals surface area contributed by atoms with Crippen LogP contribution in [0.2, 0.25) is 0 Å². The van der Waals surface area contributed by atoms with Crippen molar-refractivity contribution in [3.05, 3.63) is 94.4 Å². The van der Waals surface area contributed by atoms with E-state index in [1.165, 1.54) is 0 Å². The van der Waals surface area contributed by atoms with Gasteiger partial charge in [0.05, 0.1) is 0 Å². The van der Waals surface area contributed by atoms with Crippen molar-refractivity contribution in [1.82, 2.24) is 14.5 Å². The highest BCUT2D eigenvalue weighted by Gasteiger charge is 2.24. The van der Waals surface area contributed by atoms with Gasteiger partial charge in [0, 0.05) is 23.4 Å². The third-order valence-electron chi connectivity index (χ3n) is 5.47. The Morgan fingerprint density at radius 3 is 2.06 bits per heavy atom. The molecular weight excluding hydrogens is 418 g/mol. The van der Waals surface area contributed by atoms with Crippen molar-refractivity contribution in [1.29, 1.82) is 0 Å². The summed E-state index contributed by atoms with van der Waals surface area (Å²) in [5, 5.41) is 19.2. The van der Waals surface area contributed by atoms with Crippen LogP contribution in [0.4, 0.5) is 0 Å². The maximum atomic E-state index is 11.8. The van der Waals surface area contributed by atoms with Crippen molar-refractivity contribution >= 4 is 28.7 Å². The molecule has 0 saturated heterocycles. The first-order valence-corrected chi connectivity index (χ1v) is 10.5. The van der Waals surface area contributed by atoms with Crippen LogP contribution in [-0.2, 0) is 16.0 Å². The van der Waals surface area contributed by atoms with Crippen LogP contribution in [0.3, 0.4) is 0 Å². The fourth-order valence-corrected chi connectivity index (χ4v) is 4.06. The number of carboxylic acid groups (broad SMARTS) is 2. The molecule has 7 nitrogen and oxygen atoms in total. The molecule has 2 N–H and O–H groups in total. The Morgan fingerprint density at radius 2 is 1.48 bits per heavy atom. The first kappa shape index (κ1) is 22.0. The van der Waals surface area contributed by atoms with Gasteiger partial charge in [-0.25, -0.2) is 19.6 Å². The first-order valence-electron chi connectivity index (χ1n) is 10.5. The highest BCUT2D eigenvalue weighted by atomic mass is 16.4. The van der Waals surface area contributed by atoms with Crippen molar-refractivity contribution in [2.24, 2.45) is 0 Å². The van der Waals surface area contributed by atoms with Crippen LogP contribution in [0.15, 0.2) is 66.2 Å². The number of aryl methyl sites for hydroxylation is 3. The number of fused-ring (bicyclic) bond motifs is 1. The molecule has 0 fully saturated rings. The second-order valence-electron chi connectivity index (χ2n) is 7.74. The van der Waals surface area contributed by atoms with E-state index in [1.54, 1.807) is 42.5 Å². The minimum absolute atomic E-state index is 0.151. The van der Waals surface area contributed by atoms with Crippen LogP contribution in [-0.4, -0.2) is 36.7 Å². The van der Waals surface area contributed by atoms with E-state index < -0.39 is 17.5 Å². The lowest BCUT2D eigenvalue weighted by Gasteiger charge is -2.13. The molecule has 0 saturated carbocycles. The van der Waals surface area contributed by atoms with Gasteiger partial charge < -0.3 is 10.2 Å². The lowest BCUT2D eigenvalue weighted by atomic mass is 9.92. The fraction of sp³-hybridized carbons (Fsp3) is 0.154. The summed E-state index contributed by atoms with van der Waals surface area (Å²) in [5.41, 5.74) is 4.83. The summed E-state index contributed by atoms with van der Waals surface area (Å²) in [6.45, 7) is 5.97. The highest BCUT2D eigenvalue weighted by molar-refractivity contribution is 6.20. The number of benzene rings is 2. The summed E-state index contributed by atoms with van der Waals surface area (Å²) in [6, 6.07) is 17.8. The number of hydrogen-bond acceptors (Lipinski definition) is 4. The molecule has 4 rings (SSSR count). The molecule has 33 heavy (non-hydrogen) atoms. The molecule has 0 aliphatic heterocycles. The molecule has 0 aliphatic rings. The van der Waals surface area contributed by atoms with Gasteiger partial charge in [-0.2, -0.15) is 0 Å². The Bertz CT molecular complexity index is 1390. The van der Waals surface area contributed by atoms with Crippen LogP contribution in [0.5, 0.6) is 0 Å². The van der Waals surface area contributed by atoms with Crippen LogP contribution >= 0.6 is 0 Å². The van der Waals surface area contributed by atoms with E-state index in [0.717, 1.165) is 33.9 Å². The summed E-state index contributed by atoms with van der Waals surface area (Å²) >= 11 is 0. The van der Waals surface area contributed by atoms with Crippen molar-refractivity contribution in [3.8, 4) is 5.69 Å². The lowest BCUT2D eigenvalue weighted by molar-refractivity contribution is -0.140. The number of aliphatic carboxylic acids is 2. The molecule has 0 aliphatic carbocycles. The van der Waals surface area contributed by atoms with Gasteiger partial charge in [-0.15, -0.1) is 0 Å². The van der Waals surface area contributed by atoms with Crippen molar-refractivity contribution < 1.29 is 19.8 Å². The summed E-state index contributed by atoms with van der Waals surface area (Å²) in [7, 11) is 0. The molecule has 166 valence electrons. The van der Waals surface area contributed by atoms with Crippen molar-refractivity contribution in [2.45, 2.75) is 27.2 Å². The van der Waals surface area contributed by atoms with Gasteiger partial charge in [0.1, 0.15) is 11.3 Å². The zero-order chi connectivity index (χ0) is 23.7. The molecule has 2 aromatic heterocycles. The van der Waals surface area contributed by atoms with E-state index in [4.69, 9.17) is 9.97 Å². The van der Waals surface area contributed by atoms with Crippen molar-refractivity contribution in [2.75, 3.05) is 0 Å². The Morgan fingerprint density at radius 1 is 0.879 bits per heavy atom. The molecule has 0 radical (unpaired) electrons. The Labute approximate surface area is 190 Å². The second-order valence-corrected chi connectivity index (χ2v) is 7.74. The second kappa shape index (κ2) is 8.70. The molecule has 0 atom stereocenters. The topological polar surface area (TPSA) is 105 Å². The van der Waals surface area contributed by atoms with Gasteiger partial charge >= 0.3 is 11.9 Å². The molecule has 0 unspecified atom stereocenters. The maximum absolute atomic E-state index is 11.8. The standard InChI is InChI=1S/C26H23N3O4/c1-4-20-28-23-15(2)14-16(3)27-24(23)29(20)19-12-10-18(11-13-19)21(17-8-6-5-7-9-17)22(25(30)31)26(32)33/h5-14H,4H2,1-3H3,(H,30,31)(H,32,33). The van der Waals surface area contributed by atoms with Crippen LogP contribution in [0.1, 0.15) is 35.1 Å². The van der Waals surface area contributed by atoms with Gasteiger partial charge in [-0.1, -0.05) is 49.4 Å². The SMILES string of the molecule is CCc1nc2c(C)cc(C)nc2n1-c1ccc(C(=C(C(=O)O)C(=O)O)c2ccccc2)cc1. The van der Waals surface area contributed by atoms with Crippen molar-refractivity contribution in [3.63, 3.8) is 0 Å². The predicted molar refractivity (Wildman–Crippen MR) is 125 cm³/mol. The number of pyridine rings is 1. The van der Waals surface area contributed by atoms with Gasteiger partial charge in [0.2, 0.25) is 0 Å². The number of aromatic nitrogens is 3. The predicted octanol–water partition coefficient (Wildman–Crippen LogP) is 4.57. The summed E-state index contributed by atoms with van der Waals surface area (Å²) in [5.74, 6) is -2.13. The van der Waals surface area contributed by atoms with Crippen LogP contribution in [0.25, 0.3) is 22.4 Å². The smallest absolute Gasteiger partial charge is 0.343 e. The van der Waals surface area contributed by atoms with E-state index in [2.05, 4.69) is 0 Å². The molecule has 4 aromatic rings. The number of carboxylic acids is 2. The average Bonchev–Trinajstić information content (AvgIpc) is 3.16. The number of nitrogens with zero attached hydrogens (tertiary/aromatic N) is 3. The third kappa shape index (κ3) is 4.01. The molecule has 0 bridgehead atoms. The van der Waals surface area contributed by atoms with E-state index in [1.807, 2.05) is 43.5 Å². The van der Waals surface area contributed by atoms with Gasteiger partial charge in [-0.05, 0) is 48.7 Å². The zero-order valence-corrected chi connectivity index (χ0v) is 18.5. The Balaban J connectivity index is 1.92. The summed E-state index contributed by atoms with van der Waals surface area (Å²) in [6.07, 6.45) is 0.702. The third-order valence-corrected chi connectivity index (χ3v) is 5.47. The summed E-state index contributed by atoms with van der Waals surface area (Å²) < 4.78 is 1.99. The molecular formula is C26H23N3O4. The minimum Gasteiger partial charge on any atom is -0.477 e. The molecule has 7 heteroatoms. The summed E-state index contributed by atoms with van der Waals surface area (Å²) in [4.78, 5) is 33.1. The Hall–Kier alpha value is -4.26. The van der Waals surface area contributed by atoms with Crippen LogP contribution in [0, 0.1) is 13.8 Å². The van der Waals surface area contributed by atoms with Gasteiger partial charge in [-0.3, -0.25) is 4.57 Å². The van der Waals surface area contributed by atoms with Gasteiger partial charge in [0.25, 0.3) is 0 Å². The fourth-order valence-electron chi connectivity index (χ4n) is 4.06. The van der Waals surface area contributed by atoms with E-state index in [0.29, 0.717) is 17.5 Å². The minimum atomic E-state index is -1.49. The molecule has 0 spiro atoms. The number of carbonyl (C=O) groups is 2. The normalized spacial score (nSPS) is 10.9. The molecule has 2 aromatic carbocycles. The van der Waals surface area contributed by atoms with E-state index in [9.17, 15) is 19.8 Å². The van der Waals surface area contributed by atoms with Crippen LogP contribution < -0.4 is 0 Å². The highest BCUT2D eigenvalue weighted by Crippen LogP contribution is 2.30. The number of rotatable bonds is 6. The van der Waals surface area contributed by atoms with E-state index >= 15 is 0 Å². The Kier molecular flexibility index (Phi) is 5.79. The molecule has 2 heterocycles. The molecule has 0 amide bonds. The lowest BCUT2D eigenvalue weighted by Crippen LogP contribution is -2.14. The average molecular weight is 441 g/mol. The maximum Gasteiger partial charge on any atom is 0.343 e. The van der Waals surface area contributed by atoms with E-state index in [-0.39, 0.29) is 5.57 Å². The first-order chi connectivity index (χ1) is 15.8. The quantitative estimate of drug-likeness (QED) is 0.258.